The molecule has 0 aliphatic heterocycles. The van der Waals surface area contributed by atoms with Crippen LogP contribution in [0.4, 0.5) is 5.69 Å². The summed E-state index contributed by atoms with van der Waals surface area (Å²) in [7, 11) is 0. The van der Waals surface area contributed by atoms with Crippen molar-refractivity contribution in [2.45, 2.75) is 44.7 Å². The van der Waals surface area contributed by atoms with E-state index < -0.39 is 0 Å². The highest BCUT2D eigenvalue weighted by molar-refractivity contribution is 8.13. The summed E-state index contributed by atoms with van der Waals surface area (Å²) in [5.41, 5.74) is 2.40. The molecule has 0 bridgehead atoms. The lowest BCUT2D eigenvalue weighted by molar-refractivity contribution is 0.241. The van der Waals surface area contributed by atoms with Gasteiger partial charge in [0, 0.05) is 12.6 Å². The van der Waals surface area contributed by atoms with Crippen LogP contribution in [0.2, 0.25) is 0 Å². The third-order valence-electron chi connectivity index (χ3n) is 4.62. The second kappa shape index (κ2) is 8.93. The molecule has 0 unspecified atom stereocenters. The summed E-state index contributed by atoms with van der Waals surface area (Å²) in [6, 6.07) is 21.7. The van der Waals surface area contributed by atoms with Crippen molar-refractivity contribution in [3.63, 3.8) is 0 Å². The standard InChI is InChI=1S/C21H26N2S/c1-24-21(22-19-13-7-3-8-14-19)23(20-15-9-4-10-16-20)17-18-11-5-2-6-12-18/h2-3,5-8,11-14,20H,4,9-10,15-17H2,1H3. The normalized spacial score (nSPS) is 16.1. The first kappa shape index (κ1) is 17.1. The first-order valence-corrected chi connectivity index (χ1v) is 10.1. The lowest BCUT2D eigenvalue weighted by Crippen LogP contribution is -2.39. The number of nitrogens with zero attached hydrogens (tertiary/aromatic N) is 2. The molecular formula is C21H26N2S. The van der Waals surface area contributed by atoms with Gasteiger partial charge in [-0.2, -0.15) is 0 Å². The van der Waals surface area contributed by atoms with E-state index in [4.69, 9.17) is 4.99 Å². The van der Waals surface area contributed by atoms with Crippen LogP contribution in [0.25, 0.3) is 0 Å². The van der Waals surface area contributed by atoms with E-state index in [9.17, 15) is 0 Å². The van der Waals surface area contributed by atoms with Gasteiger partial charge in [-0.05, 0) is 36.8 Å². The fraction of sp³-hybridized carbons (Fsp3) is 0.381. The van der Waals surface area contributed by atoms with Crippen LogP contribution in [-0.2, 0) is 6.54 Å². The van der Waals surface area contributed by atoms with Crippen LogP contribution in [0.15, 0.2) is 65.7 Å². The monoisotopic (exact) mass is 338 g/mol. The molecule has 1 aliphatic carbocycles. The van der Waals surface area contributed by atoms with E-state index >= 15 is 0 Å². The van der Waals surface area contributed by atoms with Crippen molar-refractivity contribution in [3.8, 4) is 0 Å². The van der Waals surface area contributed by atoms with Gasteiger partial charge in [0.1, 0.15) is 0 Å². The maximum absolute atomic E-state index is 4.95. The van der Waals surface area contributed by atoms with Gasteiger partial charge in [-0.3, -0.25) is 0 Å². The number of para-hydroxylation sites is 1. The summed E-state index contributed by atoms with van der Waals surface area (Å²) >= 11 is 1.76. The molecule has 0 aromatic heterocycles. The minimum atomic E-state index is 0.605. The Morgan fingerprint density at radius 3 is 2.21 bits per heavy atom. The molecule has 0 radical (unpaired) electrons. The quantitative estimate of drug-likeness (QED) is 0.511. The molecule has 24 heavy (non-hydrogen) atoms. The van der Waals surface area contributed by atoms with Crippen LogP contribution < -0.4 is 0 Å². The Bertz CT molecular complexity index is 633. The zero-order valence-electron chi connectivity index (χ0n) is 14.4. The Kier molecular flexibility index (Phi) is 6.36. The molecule has 2 nitrogen and oxygen atoms in total. The van der Waals surface area contributed by atoms with Gasteiger partial charge in [0.25, 0.3) is 0 Å². The van der Waals surface area contributed by atoms with E-state index in [0.717, 1.165) is 17.4 Å². The highest BCUT2D eigenvalue weighted by Gasteiger charge is 2.24. The van der Waals surface area contributed by atoms with Gasteiger partial charge in [-0.15, -0.1) is 0 Å². The van der Waals surface area contributed by atoms with Gasteiger partial charge in [0.05, 0.1) is 5.69 Å². The second-order valence-electron chi connectivity index (χ2n) is 6.34. The van der Waals surface area contributed by atoms with Crippen LogP contribution in [0.5, 0.6) is 0 Å². The molecule has 1 fully saturated rings. The lowest BCUT2D eigenvalue weighted by Gasteiger charge is -2.36. The van der Waals surface area contributed by atoms with Crippen molar-refractivity contribution in [1.29, 1.82) is 0 Å². The van der Waals surface area contributed by atoms with Gasteiger partial charge in [0.15, 0.2) is 5.17 Å². The average Bonchev–Trinajstić information content (AvgIpc) is 2.67. The fourth-order valence-corrected chi connectivity index (χ4v) is 4.01. The van der Waals surface area contributed by atoms with Crippen LogP contribution in [0.3, 0.4) is 0 Å². The number of rotatable bonds is 4. The minimum absolute atomic E-state index is 0.605. The van der Waals surface area contributed by atoms with Crippen molar-refractivity contribution in [3.05, 3.63) is 66.2 Å². The molecule has 0 saturated heterocycles. The smallest absolute Gasteiger partial charge is 0.164 e. The van der Waals surface area contributed by atoms with Gasteiger partial charge >= 0.3 is 0 Å². The number of amidine groups is 1. The third kappa shape index (κ3) is 4.64. The molecule has 3 rings (SSSR count). The summed E-state index contributed by atoms with van der Waals surface area (Å²) < 4.78 is 0. The molecular weight excluding hydrogens is 312 g/mol. The number of hydrogen-bond donors (Lipinski definition) is 0. The van der Waals surface area contributed by atoms with E-state index in [1.54, 1.807) is 11.8 Å². The Morgan fingerprint density at radius 1 is 0.958 bits per heavy atom. The predicted octanol–water partition coefficient (Wildman–Crippen LogP) is 5.87. The molecule has 0 heterocycles. The zero-order chi connectivity index (χ0) is 16.6. The van der Waals surface area contributed by atoms with E-state index in [-0.39, 0.29) is 0 Å². The molecule has 2 aromatic rings. The first-order valence-electron chi connectivity index (χ1n) is 8.85. The maximum atomic E-state index is 4.95. The van der Waals surface area contributed by atoms with Gasteiger partial charge in [-0.25, -0.2) is 4.99 Å². The van der Waals surface area contributed by atoms with Crippen LogP contribution in [-0.4, -0.2) is 22.4 Å². The highest BCUT2D eigenvalue weighted by Crippen LogP contribution is 2.28. The van der Waals surface area contributed by atoms with E-state index in [0.29, 0.717) is 6.04 Å². The first-order chi connectivity index (χ1) is 11.9. The summed E-state index contributed by atoms with van der Waals surface area (Å²) in [6.07, 6.45) is 8.75. The topological polar surface area (TPSA) is 15.6 Å². The van der Waals surface area contributed by atoms with E-state index in [2.05, 4.69) is 65.8 Å². The van der Waals surface area contributed by atoms with Crippen LogP contribution in [0.1, 0.15) is 37.7 Å². The SMILES string of the molecule is CSC(=Nc1ccccc1)N(Cc1ccccc1)C1CCCCC1. The van der Waals surface area contributed by atoms with Crippen molar-refractivity contribution in [1.82, 2.24) is 4.90 Å². The average molecular weight is 339 g/mol. The van der Waals surface area contributed by atoms with Crippen molar-refractivity contribution >= 4 is 22.6 Å². The van der Waals surface area contributed by atoms with E-state index in [1.807, 2.05) is 6.07 Å². The molecule has 0 atom stereocenters. The van der Waals surface area contributed by atoms with Crippen LogP contribution in [0, 0.1) is 0 Å². The Morgan fingerprint density at radius 2 is 1.58 bits per heavy atom. The summed E-state index contributed by atoms with van der Waals surface area (Å²) in [4.78, 5) is 7.49. The Balaban J connectivity index is 1.87. The number of benzene rings is 2. The molecule has 3 heteroatoms. The second-order valence-corrected chi connectivity index (χ2v) is 7.11. The van der Waals surface area contributed by atoms with Gasteiger partial charge in [0.2, 0.25) is 0 Å². The molecule has 0 amide bonds. The fourth-order valence-electron chi connectivity index (χ4n) is 3.37. The number of hydrogen-bond acceptors (Lipinski definition) is 2. The van der Waals surface area contributed by atoms with Crippen molar-refractivity contribution in [2.24, 2.45) is 4.99 Å². The largest absolute Gasteiger partial charge is 0.344 e. The molecule has 2 aromatic carbocycles. The summed E-state index contributed by atoms with van der Waals surface area (Å²) in [5, 5.41) is 1.14. The third-order valence-corrected chi connectivity index (χ3v) is 5.31. The van der Waals surface area contributed by atoms with E-state index in [1.165, 1.54) is 37.7 Å². The predicted molar refractivity (Wildman–Crippen MR) is 106 cm³/mol. The summed E-state index contributed by atoms with van der Waals surface area (Å²) in [5.74, 6) is 0. The van der Waals surface area contributed by atoms with Crippen molar-refractivity contribution in [2.75, 3.05) is 6.26 Å². The summed E-state index contributed by atoms with van der Waals surface area (Å²) in [6.45, 7) is 0.942. The Labute approximate surface area is 150 Å². The maximum Gasteiger partial charge on any atom is 0.164 e. The molecule has 1 saturated carbocycles. The van der Waals surface area contributed by atoms with Crippen molar-refractivity contribution < 1.29 is 0 Å². The van der Waals surface area contributed by atoms with Gasteiger partial charge < -0.3 is 4.90 Å². The zero-order valence-corrected chi connectivity index (χ0v) is 15.2. The molecule has 126 valence electrons. The minimum Gasteiger partial charge on any atom is -0.344 e. The molecule has 1 aliphatic rings. The Hall–Kier alpha value is -1.74. The van der Waals surface area contributed by atoms with Crippen LogP contribution >= 0.6 is 11.8 Å². The highest BCUT2D eigenvalue weighted by atomic mass is 32.2. The number of aliphatic imine (C=N–C) groups is 1. The van der Waals surface area contributed by atoms with Gasteiger partial charge in [-0.1, -0.05) is 79.6 Å². The molecule has 0 spiro atoms. The molecule has 0 N–H and O–H groups in total. The lowest BCUT2D eigenvalue weighted by atomic mass is 9.94. The number of thioether (sulfide) groups is 1.